The molecule has 21 heavy (non-hydrogen) atoms. The minimum Gasteiger partial charge on any atom is -0.451 e. The Bertz CT molecular complexity index is 476. The number of rotatable bonds is 7. The SMILES string of the molecule is CC[Si](CC)(CC)O[SiH](c1ccccc1)c1ccccc1. The summed E-state index contributed by atoms with van der Waals surface area (Å²) >= 11 is 0. The molecular formula is C18H26OSi2. The fourth-order valence-corrected chi connectivity index (χ4v) is 11.0. The molecule has 112 valence electrons. The van der Waals surface area contributed by atoms with Crippen LogP contribution in [0.15, 0.2) is 60.7 Å². The molecule has 0 unspecified atom stereocenters. The number of hydrogen-bond donors (Lipinski definition) is 0. The maximum atomic E-state index is 6.94. The zero-order valence-corrected chi connectivity index (χ0v) is 15.5. The van der Waals surface area contributed by atoms with Gasteiger partial charge in [-0.3, -0.25) is 0 Å². The zero-order valence-electron chi connectivity index (χ0n) is 13.4. The fraction of sp³-hybridized carbons (Fsp3) is 0.333. The van der Waals surface area contributed by atoms with Gasteiger partial charge in [-0.05, 0) is 28.5 Å². The largest absolute Gasteiger partial charge is 0.451 e. The van der Waals surface area contributed by atoms with Crippen LogP contribution in [-0.2, 0) is 4.12 Å². The molecule has 0 aliphatic rings. The molecule has 2 rings (SSSR count). The van der Waals surface area contributed by atoms with Crippen LogP contribution in [0.1, 0.15) is 20.8 Å². The summed E-state index contributed by atoms with van der Waals surface area (Å²) in [5.41, 5.74) is 0. The van der Waals surface area contributed by atoms with Crippen LogP contribution >= 0.6 is 0 Å². The molecule has 2 aromatic rings. The van der Waals surface area contributed by atoms with Gasteiger partial charge in [0.2, 0.25) is 9.04 Å². The molecule has 0 atom stereocenters. The van der Waals surface area contributed by atoms with Crippen LogP contribution in [0, 0.1) is 0 Å². The predicted octanol–water partition coefficient (Wildman–Crippen LogP) is 3.55. The molecule has 2 aromatic carbocycles. The lowest BCUT2D eigenvalue weighted by molar-refractivity contribution is 0.564. The topological polar surface area (TPSA) is 9.23 Å². The van der Waals surface area contributed by atoms with Crippen molar-refractivity contribution in [2.24, 2.45) is 0 Å². The Morgan fingerprint density at radius 2 is 1.10 bits per heavy atom. The van der Waals surface area contributed by atoms with E-state index in [4.69, 9.17) is 4.12 Å². The van der Waals surface area contributed by atoms with Crippen LogP contribution in [0.4, 0.5) is 0 Å². The van der Waals surface area contributed by atoms with Gasteiger partial charge in [0.25, 0.3) is 0 Å². The van der Waals surface area contributed by atoms with Crippen molar-refractivity contribution in [1.82, 2.24) is 0 Å². The van der Waals surface area contributed by atoms with Crippen molar-refractivity contribution in [3.05, 3.63) is 60.7 Å². The second kappa shape index (κ2) is 7.73. The number of hydrogen-bond acceptors (Lipinski definition) is 1. The van der Waals surface area contributed by atoms with E-state index in [1.165, 1.54) is 28.5 Å². The van der Waals surface area contributed by atoms with E-state index in [0.717, 1.165) is 0 Å². The monoisotopic (exact) mass is 314 g/mol. The Kier molecular flexibility index (Phi) is 5.97. The molecule has 0 fully saturated rings. The minimum absolute atomic E-state index is 1.21. The molecule has 3 heteroatoms. The second-order valence-electron chi connectivity index (χ2n) is 5.56. The summed E-state index contributed by atoms with van der Waals surface area (Å²) in [6.07, 6.45) is 0. The first-order valence-corrected chi connectivity index (χ1v) is 12.2. The van der Waals surface area contributed by atoms with E-state index in [1.807, 2.05) is 0 Å². The summed E-state index contributed by atoms with van der Waals surface area (Å²) in [4.78, 5) is 0. The smallest absolute Gasteiger partial charge is 0.228 e. The quantitative estimate of drug-likeness (QED) is 0.710. The third kappa shape index (κ3) is 3.93. The number of benzene rings is 2. The Morgan fingerprint density at radius 3 is 1.43 bits per heavy atom. The molecule has 0 aromatic heterocycles. The van der Waals surface area contributed by atoms with Crippen LogP contribution in [0.3, 0.4) is 0 Å². The molecule has 0 aliphatic heterocycles. The molecule has 0 spiro atoms. The average Bonchev–Trinajstić information content (AvgIpc) is 2.58. The first-order valence-electron chi connectivity index (χ1n) is 8.02. The zero-order chi connectivity index (χ0) is 15.1. The lowest BCUT2D eigenvalue weighted by Gasteiger charge is -2.33. The maximum absolute atomic E-state index is 6.94. The third-order valence-corrected chi connectivity index (χ3v) is 13.3. The molecule has 0 aliphatic carbocycles. The highest BCUT2D eigenvalue weighted by Gasteiger charge is 2.33. The maximum Gasteiger partial charge on any atom is 0.228 e. The summed E-state index contributed by atoms with van der Waals surface area (Å²) < 4.78 is 6.94. The van der Waals surface area contributed by atoms with Gasteiger partial charge >= 0.3 is 0 Å². The molecule has 0 heterocycles. The van der Waals surface area contributed by atoms with E-state index in [9.17, 15) is 0 Å². The van der Waals surface area contributed by atoms with Crippen molar-refractivity contribution >= 4 is 27.7 Å². The Balaban J connectivity index is 2.38. The molecule has 0 amide bonds. The highest BCUT2D eigenvalue weighted by molar-refractivity contribution is 6.89. The van der Waals surface area contributed by atoms with Crippen molar-refractivity contribution < 1.29 is 4.12 Å². The highest BCUT2D eigenvalue weighted by atomic mass is 28.4. The van der Waals surface area contributed by atoms with E-state index >= 15 is 0 Å². The van der Waals surface area contributed by atoms with E-state index in [0.29, 0.717) is 0 Å². The van der Waals surface area contributed by atoms with E-state index in [1.54, 1.807) is 0 Å². The summed E-state index contributed by atoms with van der Waals surface area (Å²) in [5, 5.41) is 2.80. The fourth-order valence-electron chi connectivity index (χ4n) is 2.83. The van der Waals surface area contributed by atoms with Crippen molar-refractivity contribution in [3.63, 3.8) is 0 Å². The first-order chi connectivity index (χ1) is 10.2. The Hall–Kier alpha value is -1.17. The van der Waals surface area contributed by atoms with Crippen molar-refractivity contribution in [3.8, 4) is 0 Å². The van der Waals surface area contributed by atoms with Crippen molar-refractivity contribution in [1.29, 1.82) is 0 Å². The lowest BCUT2D eigenvalue weighted by atomic mass is 10.4. The summed E-state index contributed by atoms with van der Waals surface area (Å²) in [5.74, 6) is 0. The molecule has 0 saturated heterocycles. The lowest BCUT2D eigenvalue weighted by Crippen LogP contribution is -2.53. The molecular weight excluding hydrogens is 288 g/mol. The summed E-state index contributed by atoms with van der Waals surface area (Å²) in [6.45, 7) is 6.92. The normalized spacial score (nSPS) is 11.8. The van der Waals surface area contributed by atoms with Crippen molar-refractivity contribution in [2.45, 2.75) is 38.9 Å². The van der Waals surface area contributed by atoms with E-state index in [-0.39, 0.29) is 0 Å². The van der Waals surface area contributed by atoms with Gasteiger partial charge < -0.3 is 4.12 Å². The second-order valence-corrected chi connectivity index (χ2v) is 13.1. The van der Waals surface area contributed by atoms with Gasteiger partial charge in [-0.1, -0.05) is 81.4 Å². The van der Waals surface area contributed by atoms with Crippen LogP contribution in [0.25, 0.3) is 0 Å². The van der Waals surface area contributed by atoms with Gasteiger partial charge in [0, 0.05) is 0 Å². The molecule has 0 radical (unpaired) electrons. The van der Waals surface area contributed by atoms with Crippen LogP contribution in [0.5, 0.6) is 0 Å². The standard InChI is InChI=1S/C18H26OSi2/c1-4-21(5-2,6-3)19-20(17-13-9-7-10-14-17)18-15-11-8-12-16-18/h7-16,20H,4-6H2,1-3H3. The van der Waals surface area contributed by atoms with Gasteiger partial charge in [-0.25, -0.2) is 0 Å². The van der Waals surface area contributed by atoms with Crippen LogP contribution < -0.4 is 10.4 Å². The van der Waals surface area contributed by atoms with Gasteiger partial charge in [0.1, 0.15) is 0 Å². The summed E-state index contributed by atoms with van der Waals surface area (Å²) in [6, 6.07) is 25.3. The van der Waals surface area contributed by atoms with Crippen LogP contribution in [-0.4, -0.2) is 17.4 Å². The Labute approximate surface area is 131 Å². The van der Waals surface area contributed by atoms with E-state index in [2.05, 4.69) is 81.4 Å². The highest BCUT2D eigenvalue weighted by Crippen LogP contribution is 2.22. The first kappa shape index (κ1) is 16.2. The Morgan fingerprint density at radius 1 is 0.714 bits per heavy atom. The molecule has 1 nitrogen and oxygen atoms in total. The predicted molar refractivity (Wildman–Crippen MR) is 97.6 cm³/mol. The molecule has 0 N–H and O–H groups in total. The van der Waals surface area contributed by atoms with Gasteiger partial charge in [-0.15, -0.1) is 0 Å². The van der Waals surface area contributed by atoms with Gasteiger partial charge in [-0.2, -0.15) is 0 Å². The summed E-state index contributed by atoms with van der Waals surface area (Å²) in [7, 11) is -3.15. The molecule has 0 saturated carbocycles. The third-order valence-electron chi connectivity index (χ3n) is 4.51. The van der Waals surface area contributed by atoms with E-state index < -0.39 is 17.4 Å². The van der Waals surface area contributed by atoms with Crippen molar-refractivity contribution in [2.75, 3.05) is 0 Å². The van der Waals surface area contributed by atoms with Gasteiger partial charge in [0.15, 0.2) is 8.32 Å². The minimum atomic E-state index is -1.58. The average molecular weight is 315 g/mol. The van der Waals surface area contributed by atoms with Crippen LogP contribution in [0.2, 0.25) is 18.1 Å². The van der Waals surface area contributed by atoms with Gasteiger partial charge in [0.05, 0.1) is 0 Å². The molecule has 0 bridgehead atoms.